The minimum atomic E-state index is -1.03. The van der Waals surface area contributed by atoms with Gasteiger partial charge in [-0.15, -0.1) is 9.13 Å². The van der Waals surface area contributed by atoms with Gasteiger partial charge in [0.1, 0.15) is 22.6 Å². The highest BCUT2D eigenvalue weighted by Gasteiger charge is 2.68. The zero-order chi connectivity index (χ0) is 41.7. The zero-order valence-corrected chi connectivity index (χ0v) is 35.5. The lowest BCUT2D eigenvalue weighted by atomic mass is 9.80. The van der Waals surface area contributed by atoms with Crippen LogP contribution in [0.1, 0.15) is 90.5 Å². The lowest BCUT2D eigenvalue weighted by molar-refractivity contribution is -0.997. The summed E-state index contributed by atoms with van der Waals surface area (Å²) < 4.78 is 23.7. The number of rotatable bonds is 4. The highest BCUT2D eigenvalue weighted by atomic mass is 16.5. The molecule has 0 saturated heterocycles. The van der Waals surface area contributed by atoms with Crippen LogP contribution in [0.2, 0.25) is 0 Å². The Hall–Kier alpha value is -6.26. The van der Waals surface area contributed by atoms with Crippen LogP contribution in [0.5, 0.6) is 5.75 Å². The summed E-state index contributed by atoms with van der Waals surface area (Å²) >= 11 is 0. The highest BCUT2D eigenvalue weighted by molar-refractivity contribution is 5.98. The van der Waals surface area contributed by atoms with Crippen molar-refractivity contribution < 1.29 is 15.2 Å². The molecule has 6 aromatic carbocycles. The Morgan fingerprint density at radius 1 is 0.627 bits per heavy atom. The van der Waals surface area contributed by atoms with Gasteiger partial charge < -0.3 is 4.74 Å². The molecule has 8 aromatic rings. The van der Waals surface area contributed by atoms with Crippen molar-refractivity contribution in [2.45, 2.75) is 84.9 Å². The topological polar surface area (TPSA) is 21.9 Å². The van der Waals surface area contributed by atoms with E-state index in [9.17, 15) is 0 Å². The van der Waals surface area contributed by atoms with Gasteiger partial charge in [0.05, 0.1) is 5.56 Å². The maximum absolute atomic E-state index is 8.62. The number of hydrogen-bond acceptors (Lipinski definition) is 1. The molecule has 0 radical (unpaired) electrons. The normalized spacial score (nSPS) is 16.3. The van der Waals surface area contributed by atoms with Crippen molar-refractivity contribution in [3.8, 4) is 67.5 Å². The average Bonchev–Trinajstić information content (AvgIpc) is 3.71. The van der Waals surface area contributed by atoms with Crippen molar-refractivity contribution in [3.05, 3.63) is 167 Å². The Morgan fingerprint density at radius 3 is 2.05 bits per heavy atom. The van der Waals surface area contributed by atoms with Crippen molar-refractivity contribution in [1.29, 1.82) is 0 Å². The van der Waals surface area contributed by atoms with Gasteiger partial charge in [-0.05, 0) is 106 Å². The number of nitrogens with zero attached hydrogens (tertiary/aromatic N) is 3. The highest BCUT2D eigenvalue weighted by Crippen LogP contribution is 2.54. The van der Waals surface area contributed by atoms with Gasteiger partial charge >= 0.3 is 11.7 Å². The molecule has 11 rings (SSSR count). The summed E-state index contributed by atoms with van der Waals surface area (Å²) in [6, 6.07) is 49.4. The molecule has 0 fully saturated rings. The molecule has 59 heavy (non-hydrogen) atoms. The van der Waals surface area contributed by atoms with E-state index in [0.29, 0.717) is 0 Å². The molecule has 1 spiro atoms. The molecule has 5 heterocycles. The van der Waals surface area contributed by atoms with Crippen LogP contribution in [0, 0.1) is 6.92 Å². The van der Waals surface area contributed by atoms with Crippen molar-refractivity contribution in [2.24, 2.45) is 0 Å². The first-order valence-corrected chi connectivity index (χ1v) is 21.0. The van der Waals surface area contributed by atoms with Crippen LogP contribution >= 0.6 is 0 Å². The summed E-state index contributed by atoms with van der Waals surface area (Å²) in [5.74, 6) is 0.242. The van der Waals surface area contributed by atoms with Crippen LogP contribution in [0.25, 0.3) is 72.7 Å². The number of aromatic nitrogens is 3. The number of hydrogen-bond donors (Lipinski definition) is 0. The quantitative estimate of drug-likeness (QED) is 0.163. The fourth-order valence-electron chi connectivity index (χ4n) is 9.86. The SMILES string of the molecule is [2H]C(C)(C)c1ccc(-c2cc[n+]3c(c2)-c2cc(C(C)(C)C)cc4c2C32Oc3ccccc3-c3n(-c5ccc(C)cc5-c5ccc(C(C)(C)C)cc5)c5cccc-4c5[n+]32)cc1. The van der Waals surface area contributed by atoms with Crippen LogP contribution in [0.3, 0.4) is 0 Å². The Bertz CT molecular complexity index is 3110. The smallest absolute Gasteiger partial charge is 0.392 e. The van der Waals surface area contributed by atoms with Crippen molar-refractivity contribution in [1.82, 2.24) is 4.57 Å². The molecule has 290 valence electrons. The van der Waals surface area contributed by atoms with E-state index in [1.807, 2.05) is 13.8 Å². The maximum atomic E-state index is 8.62. The number of pyridine rings is 1. The van der Waals surface area contributed by atoms with E-state index < -0.39 is 11.7 Å². The summed E-state index contributed by atoms with van der Waals surface area (Å²) in [6.07, 6.45) is 2.24. The molecule has 0 bridgehead atoms. The van der Waals surface area contributed by atoms with Gasteiger partial charge in [-0.1, -0.05) is 134 Å². The van der Waals surface area contributed by atoms with Gasteiger partial charge in [-0.2, -0.15) is 4.57 Å². The van der Waals surface area contributed by atoms with Crippen LogP contribution in [-0.2, 0) is 16.7 Å². The molecule has 3 aliphatic rings. The summed E-state index contributed by atoms with van der Waals surface area (Å²) in [4.78, 5) is 0. The molecular formula is C55H51N3O+2. The molecule has 3 aliphatic heterocycles. The minimum absolute atomic E-state index is 0.0603. The molecule has 4 heteroatoms. The van der Waals surface area contributed by atoms with E-state index in [1.165, 1.54) is 50.1 Å². The molecule has 1 atom stereocenters. The third kappa shape index (κ3) is 5.02. The number of imidazole rings is 1. The van der Waals surface area contributed by atoms with Crippen LogP contribution in [0.4, 0.5) is 0 Å². The van der Waals surface area contributed by atoms with E-state index in [-0.39, 0.29) is 10.8 Å². The molecule has 0 saturated carbocycles. The van der Waals surface area contributed by atoms with Gasteiger partial charge in [-0.3, -0.25) is 0 Å². The number of benzene rings is 6. The predicted molar refractivity (Wildman–Crippen MR) is 240 cm³/mol. The van der Waals surface area contributed by atoms with Crippen LogP contribution in [-0.4, -0.2) is 4.57 Å². The summed E-state index contributed by atoms with van der Waals surface area (Å²) in [6.45, 7) is 19.8. The van der Waals surface area contributed by atoms with Gasteiger partial charge in [-0.25, -0.2) is 0 Å². The van der Waals surface area contributed by atoms with Crippen LogP contribution in [0.15, 0.2) is 140 Å². The first-order valence-electron chi connectivity index (χ1n) is 21.5. The third-order valence-electron chi connectivity index (χ3n) is 13.0. The van der Waals surface area contributed by atoms with Crippen molar-refractivity contribution in [2.75, 3.05) is 0 Å². The number of ether oxygens (including phenoxy) is 1. The van der Waals surface area contributed by atoms with E-state index in [1.54, 1.807) is 0 Å². The molecule has 0 amide bonds. The second kappa shape index (κ2) is 12.1. The number of fused-ring (bicyclic) bond motifs is 5. The molecule has 0 N–H and O–H groups in total. The van der Waals surface area contributed by atoms with E-state index in [2.05, 4.69) is 202 Å². The monoisotopic (exact) mass is 770 g/mol. The lowest BCUT2D eigenvalue weighted by Crippen LogP contribution is -2.78. The van der Waals surface area contributed by atoms with Crippen LogP contribution < -0.4 is 13.9 Å². The zero-order valence-electron chi connectivity index (χ0n) is 36.5. The van der Waals surface area contributed by atoms with Gasteiger partial charge in [0.15, 0.2) is 17.2 Å². The molecule has 1 unspecified atom stereocenters. The summed E-state index contributed by atoms with van der Waals surface area (Å²) in [7, 11) is 0. The second-order valence-electron chi connectivity index (χ2n) is 19.2. The molecule has 0 aliphatic carbocycles. The fourth-order valence-corrected chi connectivity index (χ4v) is 9.86. The standard InChI is InChI=1S/C55H51N3O/c1-33(2)35-18-20-36(21-19-35)38-27-28-56-48(30-38)45-32-40(54(7,8)9)31-44-41-14-12-15-47-51(41)58-52(42-13-10-11-16-49(42)59-55(56,58)50(44)45)57(47)46-26-17-34(3)29-43(46)37-22-24-39(25-23-37)53(4,5)6/h10-33H,1-9H3/q+2/i33D. The number of para-hydroxylation sites is 2. The first kappa shape index (κ1) is 34.8. The second-order valence-corrected chi connectivity index (χ2v) is 19.2. The molecule has 2 aromatic heterocycles. The predicted octanol–water partition coefficient (Wildman–Crippen LogP) is 12.8. The Labute approximate surface area is 349 Å². The first-order chi connectivity index (χ1) is 28.5. The van der Waals surface area contributed by atoms with E-state index >= 15 is 0 Å². The van der Waals surface area contributed by atoms with E-state index in [0.717, 1.165) is 56.2 Å². The Morgan fingerprint density at radius 2 is 1.32 bits per heavy atom. The Balaban J connectivity index is 1.25. The third-order valence-corrected chi connectivity index (χ3v) is 13.0. The maximum Gasteiger partial charge on any atom is 0.499 e. The lowest BCUT2D eigenvalue weighted by Gasteiger charge is -2.32. The average molecular weight is 771 g/mol. The molecule has 4 nitrogen and oxygen atoms in total. The van der Waals surface area contributed by atoms with Gasteiger partial charge in [0.2, 0.25) is 5.69 Å². The Kier molecular flexibility index (Phi) is 7.15. The molecular weight excluding hydrogens is 719 g/mol. The minimum Gasteiger partial charge on any atom is -0.392 e. The fraction of sp³-hybridized carbons (Fsp3) is 0.236. The van der Waals surface area contributed by atoms with Crippen molar-refractivity contribution in [3.63, 3.8) is 0 Å². The largest absolute Gasteiger partial charge is 0.499 e. The van der Waals surface area contributed by atoms with Gasteiger partial charge in [0.25, 0.3) is 0 Å². The number of aryl methyl sites for hydroxylation is 1. The van der Waals surface area contributed by atoms with E-state index in [4.69, 9.17) is 6.11 Å². The van der Waals surface area contributed by atoms with Crippen molar-refractivity contribution >= 4 is 11.0 Å². The summed E-state index contributed by atoms with van der Waals surface area (Å²) in [5, 5.41) is 0. The van der Waals surface area contributed by atoms with Gasteiger partial charge in [0, 0.05) is 30.2 Å². The summed E-state index contributed by atoms with van der Waals surface area (Å²) in [5.41, 5.74) is 19.8.